The van der Waals surface area contributed by atoms with E-state index in [0.717, 1.165) is 11.3 Å². The summed E-state index contributed by atoms with van der Waals surface area (Å²) in [6.07, 6.45) is 1.42. The maximum atomic E-state index is 11.9. The number of carbonyl (C=O) groups is 3. The normalized spacial score (nSPS) is 19.3. The zero-order chi connectivity index (χ0) is 13.7. The van der Waals surface area contributed by atoms with Crippen molar-refractivity contribution in [2.24, 2.45) is 5.92 Å². The maximum absolute atomic E-state index is 11.9. The highest BCUT2D eigenvalue weighted by atomic mass is 16.2. The van der Waals surface area contributed by atoms with Crippen LogP contribution in [0.5, 0.6) is 0 Å². The molecule has 0 unspecified atom stereocenters. The van der Waals surface area contributed by atoms with Crippen molar-refractivity contribution in [3.63, 3.8) is 0 Å². The summed E-state index contributed by atoms with van der Waals surface area (Å²) in [6, 6.07) is -0.964. The first-order chi connectivity index (χ1) is 8.45. The monoisotopic (exact) mass is 255 g/mol. The van der Waals surface area contributed by atoms with E-state index in [9.17, 15) is 14.4 Å². The Morgan fingerprint density at radius 3 is 2.67 bits per heavy atom. The van der Waals surface area contributed by atoms with Crippen molar-refractivity contribution in [2.75, 3.05) is 13.1 Å². The van der Waals surface area contributed by atoms with Gasteiger partial charge >= 0.3 is 6.03 Å². The van der Waals surface area contributed by atoms with Crippen LogP contribution in [-0.2, 0) is 9.59 Å². The molecule has 1 aliphatic heterocycles. The number of nitrogens with one attached hydrogen (secondary N) is 2. The van der Waals surface area contributed by atoms with Gasteiger partial charge in [0.25, 0.3) is 5.91 Å². The van der Waals surface area contributed by atoms with Gasteiger partial charge in [0.15, 0.2) is 0 Å². The van der Waals surface area contributed by atoms with Crippen LogP contribution in [0.1, 0.15) is 33.6 Å². The molecule has 6 nitrogen and oxygen atoms in total. The second kappa shape index (κ2) is 6.37. The van der Waals surface area contributed by atoms with Crippen LogP contribution in [-0.4, -0.2) is 41.9 Å². The summed E-state index contributed by atoms with van der Waals surface area (Å²) in [5.74, 6) is -0.293. The van der Waals surface area contributed by atoms with Crippen LogP contribution >= 0.6 is 0 Å². The Balaban J connectivity index is 2.53. The van der Waals surface area contributed by atoms with Gasteiger partial charge in [0.05, 0.1) is 0 Å². The number of imide groups is 1. The molecular weight excluding hydrogens is 234 g/mol. The van der Waals surface area contributed by atoms with E-state index in [-0.39, 0.29) is 18.4 Å². The smallest absolute Gasteiger partial charge is 0.325 e. The molecule has 2 N–H and O–H groups in total. The van der Waals surface area contributed by atoms with E-state index in [1.165, 1.54) is 0 Å². The largest absolute Gasteiger partial charge is 0.355 e. The first-order valence-corrected chi connectivity index (χ1v) is 6.34. The number of rotatable bonds is 6. The zero-order valence-electron chi connectivity index (χ0n) is 11.2. The third-order valence-electron chi connectivity index (χ3n) is 2.69. The standard InChI is InChI=1S/C12H21N3O3/c1-4-5-13-10(16)7-15-11(17)9(6-8(2)3)14-12(15)18/h8-9H,4-7H2,1-3H3,(H,13,16)(H,14,18)/t9-/m0/s1. The molecule has 4 amide bonds. The van der Waals surface area contributed by atoms with Gasteiger partial charge in [-0.25, -0.2) is 4.79 Å². The highest BCUT2D eigenvalue weighted by Gasteiger charge is 2.38. The summed E-state index contributed by atoms with van der Waals surface area (Å²) in [5, 5.41) is 5.25. The molecule has 0 aromatic carbocycles. The predicted octanol–water partition coefficient (Wildman–Crippen LogP) is 0.479. The summed E-state index contributed by atoms with van der Waals surface area (Å²) in [5.41, 5.74) is 0. The van der Waals surface area contributed by atoms with E-state index in [0.29, 0.717) is 18.9 Å². The second-order valence-corrected chi connectivity index (χ2v) is 4.91. The van der Waals surface area contributed by atoms with Gasteiger partial charge in [-0.05, 0) is 18.8 Å². The molecule has 6 heteroatoms. The molecule has 0 radical (unpaired) electrons. The molecule has 0 saturated carbocycles. The molecule has 1 atom stereocenters. The highest BCUT2D eigenvalue weighted by molar-refractivity contribution is 6.06. The van der Waals surface area contributed by atoms with Crippen LogP contribution in [0.2, 0.25) is 0 Å². The van der Waals surface area contributed by atoms with Crippen molar-refractivity contribution in [1.29, 1.82) is 0 Å². The number of hydrogen-bond acceptors (Lipinski definition) is 3. The quantitative estimate of drug-likeness (QED) is 0.678. The van der Waals surface area contributed by atoms with Gasteiger partial charge in [0, 0.05) is 6.54 Å². The van der Waals surface area contributed by atoms with Crippen LogP contribution in [0.25, 0.3) is 0 Å². The molecule has 1 heterocycles. The molecule has 0 aromatic heterocycles. The minimum Gasteiger partial charge on any atom is -0.355 e. The van der Waals surface area contributed by atoms with Crippen molar-refractivity contribution >= 4 is 17.8 Å². The lowest BCUT2D eigenvalue weighted by atomic mass is 10.0. The number of amides is 4. The molecule has 0 spiro atoms. The SMILES string of the molecule is CCCNC(=O)CN1C(=O)N[C@@H](CC(C)C)C1=O. The zero-order valence-corrected chi connectivity index (χ0v) is 11.2. The lowest BCUT2D eigenvalue weighted by Gasteiger charge is -2.13. The average Bonchev–Trinajstić information content (AvgIpc) is 2.53. The fourth-order valence-electron chi connectivity index (χ4n) is 1.82. The third-order valence-corrected chi connectivity index (χ3v) is 2.69. The molecule has 0 aliphatic carbocycles. The van der Waals surface area contributed by atoms with Gasteiger partial charge in [0.2, 0.25) is 5.91 Å². The van der Waals surface area contributed by atoms with Gasteiger partial charge in [0.1, 0.15) is 12.6 Å². The van der Waals surface area contributed by atoms with Gasteiger partial charge in [-0.3, -0.25) is 14.5 Å². The fourth-order valence-corrected chi connectivity index (χ4v) is 1.82. The molecule has 1 fully saturated rings. The first kappa shape index (κ1) is 14.5. The maximum Gasteiger partial charge on any atom is 0.325 e. The Kier molecular flexibility index (Phi) is 5.12. The molecule has 102 valence electrons. The number of carbonyl (C=O) groups excluding carboxylic acids is 3. The summed E-state index contributed by atoms with van der Waals surface area (Å²) in [6.45, 7) is 6.26. The Morgan fingerprint density at radius 2 is 2.11 bits per heavy atom. The van der Waals surface area contributed by atoms with Crippen LogP contribution in [0.3, 0.4) is 0 Å². The molecule has 18 heavy (non-hydrogen) atoms. The number of nitrogens with zero attached hydrogens (tertiary/aromatic N) is 1. The summed E-state index contributed by atoms with van der Waals surface area (Å²) in [7, 11) is 0. The van der Waals surface area contributed by atoms with Crippen LogP contribution < -0.4 is 10.6 Å². The Hall–Kier alpha value is -1.59. The van der Waals surface area contributed by atoms with E-state index >= 15 is 0 Å². The van der Waals surface area contributed by atoms with Crippen molar-refractivity contribution < 1.29 is 14.4 Å². The molecular formula is C12H21N3O3. The topological polar surface area (TPSA) is 78.5 Å². The van der Waals surface area contributed by atoms with E-state index in [1.54, 1.807) is 0 Å². The Morgan fingerprint density at radius 1 is 1.44 bits per heavy atom. The van der Waals surface area contributed by atoms with E-state index in [1.807, 2.05) is 20.8 Å². The Bertz CT molecular complexity index is 341. The third kappa shape index (κ3) is 3.72. The van der Waals surface area contributed by atoms with E-state index in [4.69, 9.17) is 0 Å². The lowest BCUT2D eigenvalue weighted by Crippen LogP contribution is -2.41. The molecule has 0 bridgehead atoms. The fraction of sp³-hybridized carbons (Fsp3) is 0.750. The van der Waals surface area contributed by atoms with Gasteiger partial charge < -0.3 is 10.6 Å². The molecule has 1 rings (SSSR count). The number of hydrogen-bond donors (Lipinski definition) is 2. The van der Waals surface area contributed by atoms with E-state index in [2.05, 4.69) is 10.6 Å². The van der Waals surface area contributed by atoms with Crippen molar-refractivity contribution in [1.82, 2.24) is 15.5 Å². The van der Waals surface area contributed by atoms with Gasteiger partial charge in [-0.1, -0.05) is 20.8 Å². The average molecular weight is 255 g/mol. The van der Waals surface area contributed by atoms with Crippen molar-refractivity contribution in [3.05, 3.63) is 0 Å². The molecule has 1 saturated heterocycles. The predicted molar refractivity (Wildman–Crippen MR) is 66.8 cm³/mol. The van der Waals surface area contributed by atoms with Crippen LogP contribution in [0.4, 0.5) is 4.79 Å². The van der Waals surface area contributed by atoms with Crippen molar-refractivity contribution in [2.45, 2.75) is 39.7 Å². The minimum absolute atomic E-state index is 0.195. The summed E-state index contributed by atoms with van der Waals surface area (Å²) in [4.78, 5) is 36.0. The summed E-state index contributed by atoms with van der Waals surface area (Å²) < 4.78 is 0. The molecule has 0 aromatic rings. The minimum atomic E-state index is -0.489. The first-order valence-electron chi connectivity index (χ1n) is 6.34. The van der Waals surface area contributed by atoms with Crippen LogP contribution in [0, 0.1) is 5.92 Å². The highest BCUT2D eigenvalue weighted by Crippen LogP contribution is 2.13. The van der Waals surface area contributed by atoms with Gasteiger partial charge in [-0.15, -0.1) is 0 Å². The Labute approximate surface area is 107 Å². The second-order valence-electron chi connectivity index (χ2n) is 4.91. The van der Waals surface area contributed by atoms with Crippen molar-refractivity contribution in [3.8, 4) is 0 Å². The molecule has 1 aliphatic rings. The van der Waals surface area contributed by atoms with Gasteiger partial charge in [-0.2, -0.15) is 0 Å². The number of urea groups is 1. The van der Waals surface area contributed by atoms with Crippen LogP contribution in [0.15, 0.2) is 0 Å². The lowest BCUT2D eigenvalue weighted by molar-refractivity contribution is -0.132. The summed E-state index contributed by atoms with van der Waals surface area (Å²) >= 11 is 0. The van der Waals surface area contributed by atoms with E-state index < -0.39 is 12.1 Å².